The second-order valence-corrected chi connectivity index (χ2v) is 7.26. The van der Waals surface area contributed by atoms with E-state index in [0.717, 1.165) is 56.5 Å². The number of benzene rings is 1. The molecule has 1 atom stereocenters. The Morgan fingerprint density at radius 2 is 1.65 bits per heavy atom. The Bertz CT molecular complexity index is 706. The van der Waals surface area contributed by atoms with E-state index in [-0.39, 0.29) is 0 Å². The molecule has 2 saturated heterocycles. The monoisotopic (exact) mass is 352 g/mol. The Morgan fingerprint density at radius 1 is 0.923 bits per heavy atom. The lowest BCUT2D eigenvalue weighted by atomic mass is 10.0. The second kappa shape index (κ2) is 8.14. The van der Waals surface area contributed by atoms with Crippen LogP contribution in [-0.4, -0.2) is 54.3 Å². The maximum Gasteiger partial charge on any atom is 0.132 e. The van der Waals surface area contributed by atoms with E-state index in [1.807, 2.05) is 0 Å². The van der Waals surface area contributed by atoms with Crippen molar-refractivity contribution in [1.29, 1.82) is 0 Å². The lowest BCUT2D eigenvalue weighted by Gasteiger charge is -2.32. The summed E-state index contributed by atoms with van der Waals surface area (Å²) in [5.74, 6) is 1.06. The van der Waals surface area contributed by atoms with Gasteiger partial charge in [-0.05, 0) is 31.7 Å². The summed E-state index contributed by atoms with van der Waals surface area (Å²) >= 11 is 0. The first-order chi connectivity index (χ1) is 12.8. The van der Waals surface area contributed by atoms with Crippen LogP contribution < -0.4 is 4.90 Å². The van der Waals surface area contributed by atoms with Crippen LogP contribution in [-0.2, 0) is 4.74 Å². The summed E-state index contributed by atoms with van der Waals surface area (Å²) in [5.41, 5.74) is 3.51. The molecule has 1 unspecified atom stereocenters. The first-order valence-electron chi connectivity index (χ1n) is 9.80. The topological polar surface area (TPSA) is 41.5 Å². The number of nitrogens with zero attached hydrogens (tertiary/aromatic N) is 4. The maximum absolute atomic E-state index is 5.46. The maximum atomic E-state index is 5.46. The van der Waals surface area contributed by atoms with Crippen LogP contribution in [0.2, 0.25) is 0 Å². The molecular formula is C21H28N4O. The van der Waals surface area contributed by atoms with E-state index in [1.54, 1.807) is 6.33 Å². The zero-order valence-electron chi connectivity index (χ0n) is 15.6. The van der Waals surface area contributed by atoms with Crippen molar-refractivity contribution in [1.82, 2.24) is 14.9 Å². The van der Waals surface area contributed by atoms with E-state index in [2.05, 4.69) is 57.0 Å². The Hall–Kier alpha value is -1.98. The first-order valence-corrected chi connectivity index (χ1v) is 9.80. The molecule has 2 aliphatic rings. The summed E-state index contributed by atoms with van der Waals surface area (Å²) in [4.78, 5) is 13.9. The molecule has 0 saturated carbocycles. The standard InChI is InChI=1S/C21H28N4O/c1-17(24-11-13-26-14-12-24)18-5-7-19(8-6-18)20-15-21(23-16-22-20)25-9-3-2-4-10-25/h5-8,15-17H,2-4,9-14H2,1H3. The first kappa shape index (κ1) is 17.4. The highest BCUT2D eigenvalue weighted by molar-refractivity contribution is 5.63. The van der Waals surface area contributed by atoms with Crippen LogP contribution in [0.5, 0.6) is 0 Å². The van der Waals surface area contributed by atoms with Crippen LogP contribution in [0.3, 0.4) is 0 Å². The SMILES string of the molecule is CC(c1ccc(-c2cc(N3CCCCC3)ncn2)cc1)N1CCOCC1. The van der Waals surface area contributed by atoms with Crippen molar-refractivity contribution in [2.24, 2.45) is 0 Å². The zero-order valence-corrected chi connectivity index (χ0v) is 15.6. The van der Waals surface area contributed by atoms with Crippen molar-refractivity contribution < 1.29 is 4.74 Å². The fourth-order valence-corrected chi connectivity index (χ4v) is 3.91. The van der Waals surface area contributed by atoms with Crippen molar-refractivity contribution >= 4 is 5.82 Å². The Kier molecular flexibility index (Phi) is 5.46. The molecular weight excluding hydrogens is 324 g/mol. The minimum Gasteiger partial charge on any atom is -0.379 e. The summed E-state index contributed by atoms with van der Waals surface area (Å²) in [6.45, 7) is 8.17. The van der Waals surface area contributed by atoms with Crippen molar-refractivity contribution in [3.8, 4) is 11.3 Å². The summed E-state index contributed by atoms with van der Waals surface area (Å²) in [7, 11) is 0. The lowest BCUT2D eigenvalue weighted by Crippen LogP contribution is -2.37. The van der Waals surface area contributed by atoms with E-state index < -0.39 is 0 Å². The molecule has 5 nitrogen and oxygen atoms in total. The number of morpholine rings is 1. The number of anilines is 1. The van der Waals surface area contributed by atoms with Gasteiger partial charge in [0.2, 0.25) is 0 Å². The predicted molar refractivity (Wildman–Crippen MR) is 104 cm³/mol. The average Bonchev–Trinajstić information content (AvgIpc) is 2.75. The molecule has 4 rings (SSSR count). The van der Waals surface area contributed by atoms with Crippen molar-refractivity contribution in [3.05, 3.63) is 42.2 Å². The van der Waals surface area contributed by atoms with Crippen LogP contribution in [0.1, 0.15) is 37.8 Å². The molecule has 1 aromatic heterocycles. The van der Waals surface area contributed by atoms with Crippen molar-refractivity contribution in [2.45, 2.75) is 32.2 Å². The van der Waals surface area contributed by atoms with E-state index in [0.29, 0.717) is 6.04 Å². The minimum atomic E-state index is 0.419. The molecule has 2 aromatic rings. The molecule has 0 N–H and O–H groups in total. The molecule has 138 valence electrons. The molecule has 26 heavy (non-hydrogen) atoms. The molecule has 0 radical (unpaired) electrons. The van der Waals surface area contributed by atoms with Crippen LogP contribution in [0.4, 0.5) is 5.82 Å². The molecule has 2 aliphatic heterocycles. The smallest absolute Gasteiger partial charge is 0.132 e. The zero-order chi connectivity index (χ0) is 17.8. The molecule has 3 heterocycles. The number of rotatable bonds is 4. The molecule has 0 bridgehead atoms. The number of piperidine rings is 1. The average molecular weight is 352 g/mol. The molecule has 0 aliphatic carbocycles. The van der Waals surface area contributed by atoms with Crippen molar-refractivity contribution in [2.75, 3.05) is 44.3 Å². The third-order valence-electron chi connectivity index (χ3n) is 5.61. The number of hydrogen-bond acceptors (Lipinski definition) is 5. The molecule has 2 fully saturated rings. The van der Waals surface area contributed by atoms with Gasteiger partial charge in [-0.3, -0.25) is 4.90 Å². The van der Waals surface area contributed by atoms with E-state index in [1.165, 1.54) is 24.8 Å². The van der Waals surface area contributed by atoms with E-state index in [9.17, 15) is 0 Å². The predicted octanol–water partition coefficient (Wildman–Crippen LogP) is 3.53. The second-order valence-electron chi connectivity index (χ2n) is 7.26. The number of ether oxygens (including phenoxy) is 1. The van der Waals surface area contributed by atoms with Gasteiger partial charge in [0, 0.05) is 43.9 Å². The normalized spacial score (nSPS) is 20.1. The highest BCUT2D eigenvalue weighted by Crippen LogP contribution is 2.26. The van der Waals surface area contributed by atoms with Gasteiger partial charge in [-0.1, -0.05) is 24.3 Å². The van der Waals surface area contributed by atoms with E-state index in [4.69, 9.17) is 4.74 Å². The summed E-state index contributed by atoms with van der Waals surface area (Å²) in [6.07, 6.45) is 5.54. The van der Waals surface area contributed by atoms with Crippen molar-refractivity contribution in [3.63, 3.8) is 0 Å². The fourth-order valence-electron chi connectivity index (χ4n) is 3.91. The summed E-state index contributed by atoms with van der Waals surface area (Å²) in [5, 5.41) is 0. The van der Waals surface area contributed by atoms with Crippen LogP contribution in [0.15, 0.2) is 36.7 Å². The Labute approximate surface area is 156 Å². The molecule has 0 amide bonds. The molecule has 0 spiro atoms. The largest absolute Gasteiger partial charge is 0.379 e. The van der Waals surface area contributed by atoms with Crippen LogP contribution in [0.25, 0.3) is 11.3 Å². The lowest BCUT2D eigenvalue weighted by molar-refractivity contribution is 0.0198. The molecule has 5 heteroatoms. The summed E-state index contributed by atoms with van der Waals surface area (Å²) < 4.78 is 5.46. The Morgan fingerprint density at radius 3 is 2.38 bits per heavy atom. The fraction of sp³-hybridized carbons (Fsp3) is 0.524. The van der Waals surface area contributed by atoms with Gasteiger partial charge in [-0.15, -0.1) is 0 Å². The van der Waals surface area contributed by atoms with E-state index >= 15 is 0 Å². The minimum absolute atomic E-state index is 0.419. The summed E-state index contributed by atoms with van der Waals surface area (Å²) in [6, 6.07) is 11.4. The quantitative estimate of drug-likeness (QED) is 0.842. The van der Waals surface area contributed by atoms with Gasteiger partial charge in [-0.2, -0.15) is 0 Å². The van der Waals surface area contributed by atoms with Gasteiger partial charge in [0.05, 0.1) is 18.9 Å². The highest BCUT2D eigenvalue weighted by atomic mass is 16.5. The van der Waals surface area contributed by atoms with Gasteiger partial charge in [0.15, 0.2) is 0 Å². The third kappa shape index (κ3) is 3.89. The van der Waals surface area contributed by atoms with Gasteiger partial charge in [0.1, 0.15) is 12.1 Å². The number of aromatic nitrogens is 2. The third-order valence-corrected chi connectivity index (χ3v) is 5.61. The highest BCUT2D eigenvalue weighted by Gasteiger charge is 2.18. The van der Waals surface area contributed by atoms with Gasteiger partial charge in [0.25, 0.3) is 0 Å². The molecule has 1 aromatic carbocycles. The Balaban J connectivity index is 1.49. The van der Waals surface area contributed by atoms with Crippen LogP contribution >= 0.6 is 0 Å². The van der Waals surface area contributed by atoms with Gasteiger partial charge >= 0.3 is 0 Å². The van der Waals surface area contributed by atoms with Gasteiger partial charge in [-0.25, -0.2) is 9.97 Å². The number of hydrogen-bond donors (Lipinski definition) is 0. The van der Waals surface area contributed by atoms with Gasteiger partial charge < -0.3 is 9.64 Å². The van der Waals surface area contributed by atoms with Crippen LogP contribution in [0, 0.1) is 0 Å².